The molecule has 0 aliphatic carbocycles. The molecule has 0 aliphatic heterocycles. The molecule has 0 saturated carbocycles. The van der Waals surface area contributed by atoms with Gasteiger partial charge in [-0.3, -0.25) is 14.7 Å². The molecule has 0 aliphatic rings. The van der Waals surface area contributed by atoms with Crippen LogP contribution in [-0.4, -0.2) is 21.4 Å². The number of benzene rings is 3. The van der Waals surface area contributed by atoms with Crippen molar-refractivity contribution in [2.45, 2.75) is 13.3 Å². The van der Waals surface area contributed by atoms with Crippen molar-refractivity contribution in [1.29, 1.82) is 0 Å². The van der Waals surface area contributed by atoms with E-state index in [0.717, 1.165) is 5.56 Å². The molecule has 0 spiro atoms. The second kappa shape index (κ2) is 9.26. The largest absolute Gasteiger partial charge is 0.295 e. The second-order valence-corrected chi connectivity index (χ2v) is 7.26. The number of para-hydroxylation sites is 1. The van der Waals surface area contributed by atoms with Gasteiger partial charge < -0.3 is 0 Å². The van der Waals surface area contributed by atoms with Gasteiger partial charge in [0.2, 0.25) is 5.91 Å². The number of H-pyrrole nitrogens is 1. The molecule has 1 aromatic heterocycles. The number of nitrogens with one attached hydrogen (secondary N) is 2. The number of carbonyl (C=O) groups excluding carboxylic acids is 1. The molecule has 1 amide bonds. The predicted molar refractivity (Wildman–Crippen MR) is 121 cm³/mol. The molecule has 0 radical (unpaired) electrons. The number of aromatic nitrogens is 2. The minimum Gasteiger partial charge on any atom is -0.295 e. The number of hydrogen-bond donors (Lipinski definition) is 2. The number of amides is 1. The molecular weight excluding hydrogens is 407 g/mol. The Hall–Kier alpha value is -4.26. The first kappa shape index (κ1) is 21.0. The van der Waals surface area contributed by atoms with E-state index in [1.54, 1.807) is 25.1 Å². The average molecular weight is 428 g/mol. The van der Waals surface area contributed by atoms with Gasteiger partial charge in [-0.25, -0.2) is 14.5 Å². The van der Waals surface area contributed by atoms with Crippen LogP contribution in [0.25, 0.3) is 5.69 Å². The molecule has 7 heteroatoms. The van der Waals surface area contributed by atoms with E-state index in [-0.39, 0.29) is 29.2 Å². The van der Waals surface area contributed by atoms with E-state index in [9.17, 15) is 14.0 Å². The molecular formula is C25H21FN4O2. The molecule has 160 valence electrons. The number of hydrogen-bond acceptors (Lipinski definition) is 3. The lowest BCUT2D eigenvalue weighted by Gasteiger charge is -2.07. The summed E-state index contributed by atoms with van der Waals surface area (Å²) in [6.45, 7) is 1.73. The van der Waals surface area contributed by atoms with Crippen LogP contribution in [0.5, 0.6) is 0 Å². The van der Waals surface area contributed by atoms with Gasteiger partial charge in [0.05, 0.1) is 17.7 Å². The summed E-state index contributed by atoms with van der Waals surface area (Å²) in [6.07, 6.45) is 0.126. The van der Waals surface area contributed by atoms with Crippen LogP contribution >= 0.6 is 0 Å². The van der Waals surface area contributed by atoms with Crippen LogP contribution in [0.1, 0.15) is 22.4 Å². The summed E-state index contributed by atoms with van der Waals surface area (Å²) in [7, 11) is 0. The predicted octanol–water partition coefficient (Wildman–Crippen LogP) is 3.72. The molecule has 1 heterocycles. The Bertz CT molecular complexity index is 1330. The van der Waals surface area contributed by atoms with Crippen LogP contribution in [0.2, 0.25) is 0 Å². The Morgan fingerprint density at radius 3 is 2.38 bits per heavy atom. The molecule has 0 unspecified atom stereocenters. The van der Waals surface area contributed by atoms with E-state index in [1.165, 1.54) is 22.9 Å². The normalized spacial score (nSPS) is 11.4. The van der Waals surface area contributed by atoms with Crippen LogP contribution in [-0.2, 0) is 11.2 Å². The SMILES string of the molecule is Cc1[nH]n(-c2ccccc2)c(=O)c1/C(=N\NC(=O)Cc1ccccc1)c1cccc(F)c1. The van der Waals surface area contributed by atoms with Crippen molar-refractivity contribution in [2.24, 2.45) is 5.10 Å². The van der Waals surface area contributed by atoms with E-state index in [1.807, 2.05) is 48.5 Å². The molecule has 0 saturated heterocycles. The summed E-state index contributed by atoms with van der Waals surface area (Å²) >= 11 is 0. The van der Waals surface area contributed by atoms with Crippen molar-refractivity contribution in [3.05, 3.63) is 123 Å². The fourth-order valence-corrected chi connectivity index (χ4v) is 3.42. The van der Waals surface area contributed by atoms with Crippen LogP contribution in [0, 0.1) is 12.7 Å². The highest BCUT2D eigenvalue weighted by Gasteiger charge is 2.20. The Kier molecular flexibility index (Phi) is 6.07. The van der Waals surface area contributed by atoms with Crippen LogP contribution in [0.4, 0.5) is 4.39 Å². The summed E-state index contributed by atoms with van der Waals surface area (Å²) in [4.78, 5) is 25.7. The summed E-state index contributed by atoms with van der Waals surface area (Å²) in [5.41, 5.74) is 4.99. The number of aryl methyl sites for hydroxylation is 1. The smallest absolute Gasteiger partial charge is 0.281 e. The van der Waals surface area contributed by atoms with Crippen molar-refractivity contribution in [1.82, 2.24) is 15.2 Å². The van der Waals surface area contributed by atoms with Crippen LogP contribution in [0.3, 0.4) is 0 Å². The Morgan fingerprint density at radius 1 is 1.00 bits per heavy atom. The zero-order valence-corrected chi connectivity index (χ0v) is 17.4. The Balaban J connectivity index is 1.74. The third-order valence-electron chi connectivity index (χ3n) is 4.92. The van der Waals surface area contributed by atoms with Gasteiger partial charge in [-0.05, 0) is 36.8 Å². The van der Waals surface area contributed by atoms with Crippen LogP contribution in [0.15, 0.2) is 94.8 Å². The molecule has 2 N–H and O–H groups in total. The molecule has 4 aromatic rings. The molecule has 6 nitrogen and oxygen atoms in total. The van der Waals surface area contributed by atoms with E-state index in [4.69, 9.17) is 0 Å². The van der Waals surface area contributed by atoms with Gasteiger partial charge in [-0.2, -0.15) is 5.10 Å². The van der Waals surface area contributed by atoms with E-state index >= 15 is 0 Å². The Labute approximate surface area is 184 Å². The maximum atomic E-state index is 14.0. The zero-order valence-electron chi connectivity index (χ0n) is 17.4. The maximum absolute atomic E-state index is 14.0. The summed E-state index contributed by atoms with van der Waals surface area (Å²) < 4.78 is 15.4. The minimum atomic E-state index is -0.470. The number of rotatable bonds is 6. The third-order valence-corrected chi connectivity index (χ3v) is 4.92. The topological polar surface area (TPSA) is 79.2 Å². The second-order valence-electron chi connectivity index (χ2n) is 7.26. The number of nitrogens with zero attached hydrogens (tertiary/aromatic N) is 2. The van der Waals surface area contributed by atoms with E-state index in [0.29, 0.717) is 16.9 Å². The highest BCUT2D eigenvalue weighted by Crippen LogP contribution is 2.14. The highest BCUT2D eigenvalue weighted by molar-refractivity contribution is 6.13. The number of halogens is 1. The molecule has 32 heavy (non-hydrogen) atoms. The van der Waals surface area contributed by atoms with Gasteiger partial charge in [0.25, 0.3) is 5.56 Å². The molecule has 0 fully saturated rings. The zero-order chi connectivity index (χ0) is 22.5. The van der Waals surface area contributed by atoms with Gasteiger partial charge in [-0.15, -0.1) is 0 Å². The molecule has 4 rings (SSSR count). The monoisotopic (exact) mass is 428 g/mol. The lowest BCUT2D eigenvalue weighted by atomic mass is 10.0. The highest BCUT2D eigenvalue weighted by atomic mass is 19.1. The fourth-order valence-electron chi connectivity index (χ4n) is 3.42. The summed E-state index contributed by atoms with van der Waals surface area (Å²) in [5, 5.41) is 7.29. The number of carbonyl (C=O) groups is 1. The van der Waals surface area contributed by atoms with Gasteiger partial charge >= 0.3 is 0 Å². The quantitative estimate of drug-likeness (QED) is 0.363. The van der Waals surface area contributed by atoms with Crippen molar-refractivity contribution < 1.29 is 9.18 Å². The molecule has 0 bridgehead atoms. The lowest BCUT2D eigenvalue weighted by molar-refractivity contribution is -0.120. The first-order chi connectivity index (χ1) is 15.5. The van der Waals surface area contributed by atoms with Crippen molar-refractivity contribution in [3.63, 3.8) is 0 Å². The van der Waals surface area contributed by atoms with Gasteiger partial charge in [0, 0.05) is 11.3 Å². The van der Waals surface area contributed by atoms with Crippen molar-refractivity contribution >= 4 is 11.6 Å². The lowest BCUT2D eigenvalue weighted by Crippen LogP contribution is -2.26. The first-order valence-electron chi connectivity index (χ1n) is 10.1. The van der Waals surface area contributed by atoms with Crippen LogP contribution < -0.4 is 11.0 Å². The average Bonchev–Trinajstić information content (AvgIpc) is 3.09. The molecule has 0 atom stereocenters. The minimum absolute atomic E-state index is 0.126. The van der Waals surface area contributed by atoms with E-state index < -0.39 is 5.82 Å². The summed E-state index contributed by atoms with van der Waals surface area (Å²) in [5.74, 6) is -0.816. The van der Waals surface area contributed by atoms with Crippen molar-refractivity contribution in [2.75, 3.05) is 0 Å². The molecule has 3 aromatic carbocycles. The van der Waals surface area contributed by atoms with E-state index in [2.05, 4.69) is 15.6 Å². The summed E-state index contributed by atoms with van der Waals surface area (Å²) in [6, 6.07) is 24.1. The van der Waals surface area contributed by atoms with Gasteiger partial charge in [-0.1, -0.05) is 60.7 Å². The van der Waals surface area contributed by atoms with Gasteiger partial charge in [0.15, 0.2) is 0 Å². The maximum Gasteiger partial charge on any atom is 0.281 e. The Morgan fingerprint density at radius 2 is 1.69 bits per heavy atom. The van der Waals surface area contributed by atoms with Crippen molar-refractivity contribution in [3.8, 4) is 5.69 Å². The number of aromatic amines is 1. The third kappa shape index (κ3) is 4.57. The fraction of sp³-hybridized carbons (Fsp3) is 0.0800. The van der Waals surface area contributed by atoms with Gasteiger partial charge in [0.1, 0.15) is 11.5 Å². The first-order valence-corrected chi connectivity index (χ1v) is 10.1. The standard InChI is InChI=1S/C25H21FN4O2/c1-17-23(25(32)30(29-17)21-13-6-3-7-14-21)24(19-11-8-12-20(26)16-19)28-27-22(31)15-18-9-4-2-5-10-18/h2-14,16,29H,15H2,1H3,(H,27,31)/b28-24-. The number of hydrazone groups is 1.